The van der Waals surface area contributed by atoms with E-state index in [0.717, 1.165) is 0 Å². The molecule has 1 atom stereocenters. The summed E-state index contributed by atoms with van der Waals surface area (Å²) in [7, 11) is 0. The summed E-state index contributed by atoms with van der Waals surface area (Å²) in [5, 5.41) is 18.2. The fraction of sp³-hybridized carbons (Fsp3) is 0.250. The maximum atomic E-state index is 11.0. The van der Waals surface area contributed by atoms with Gasteiger partial charge in [0.2, 0.25) is 0 Å². The highest BCUT2D eigenvalue weighted by molar-refractivity contribution is 5.49. The van der Waals surface area contributed by atoms with Crippen molar-refractivity contribution in [1.29, 1.82) is 0 Å². The van der Waals surface area contributed by atoms with Crippen molar-refractivity contribution in [1.82, 2.24) is 14.8 Å². The molecular formula is C8H8N3O-. The highest BCUT2D eigenvalue weighted by atomic mass is 16.3. The van der Waals surface area contributed by atoms with Gasteiger partial charge in [0.25, 0.3) is 0 Å². The van der Waals surface area contributed by atoms with Crippen molar-refractivity contribution in [2.75, 3.05) is 0 Å². The number of rotatable bonds is 0. The summed E-state index contributed by atoms with van der Waals surface area (Å²) in [6.45, 7) is 2.04. The van der Waals surface area contributed by atoms with Crippen LogP contribution in [-0.2, 0) is 0 Å². The van der Waals surface area contributed by atoms with Crippen molar-refractivity contribution < 1.29 is 5.11 Å². The Labute approximate surface area is 69.9 Å². The largest absolute Gasteiger partial charge is 0.844 e. The first-order valence-corrected chi connectivity index (χ1v) is 3.76. The number of allylic oxidation sites excluding steroid dienone is 2. The predicted molar refractivity (Wildman–Crippen MR) is 43.0 cm³/mol. The molecule has 0 saturated carbocycles. The lowest BCUT2D eigenvalue weighted by Crippen LogP contribution is -1.99. The molecule has 2 heterocycles. The molecule has 1 aliphatic rings. The predicted octanol–water partition coefficient (Wildman–Crippen LogP) is 0.485. The van der Waals surface area contributed by atoms with Gasteiger partial charge in [0.15, 0.2) is 5.82 Å². The van der Waals surface area contributed by atoms with E-state index in [9.17, 15) is 5.11 Å². The second-order valence-corrected chi connectivity index (χ2v) is 2.77. The molecule has 1 unspecified atom stereocenters. The van der Waals surface area contributed by atoms with Gasteiger partial charge in [-0.25, -0.2) is 0 Å². The van der Waals surface area contributed by atoms with E-state index in [1.165, 1.54) is 4.57 Å². The third kappa shape index (κ3) is 1.01. The average Bonchev–Trinajstić information content (AvgIpc) is 2.28. The molecule has 0 radical (unpaired) electrons. The minimum Gasteiger partial charge on any atom is -0.844 e. The van der Waals surface area contributed by atoms with E-state index in [4.69, 9.17) is 0 Å². The lowest BCUT2D eigenvalue weighted by atomic mass is 10.2. The Hall–Kier alpha value is -1.58. The highest BCUT2D eigenvalue weighted by Gasteiger charge is 2.03. The van der Waals surface area contributed by atoms with Gasteiger partial charge in [-0.3, -0.25) is 4.57 Å². The monoisotopic (exact) mass is 162 g/mol. The number of fused-ring (bicyclic) bond motifs is 1. The van der Waals surface area contributed by atoms with Gasteiger partial charge in [-0.2, -0.15) is 0 Å². The van der Waals surface area contributed by atoms with Crippen LogP contribution in [0.3, 0.4) is 0 Å². The topological polar surface area (TPSA) is 53.8 Å². The van der Waals surface area contributed by atoms with Crippen molar-refractivity contribution in [3.8, 4) is 6.01 Å². The Morgan fingerprint density at radius 3 is 3.08 bits per heavy atom. The van der Waals surface area contributed by atoms with E-state index < -0.39 is 0 Å². The van der Waals surface area contributed by atoms with Gasteiger partial charge in [0.05, 0.1) is 6.01 Å². The summed E-state index contributed by atoms with van der Waals surface area (Å²) in [4.78, 5) is 0. The average molecular weight is 162 g/mol. The molecule has 12 heavy (non-hydrogen) atoms. The highest BCUT2D eigenvalue weighted by Crippen LogP contribution is 2.14. The van der Waals surface area contributed by atoms with E-state index in [1.807, 2.05) is 19.1 Å². The lowest BCUT2D eigenvalue weighted by molar-refractivity contribution is -0.283. The van der Waals surface area contributed by atoms with E-state index >= 15 is 0 Å². The van der Waals surface area contributed by atoms with E-state index in [-0.39, 0.29) is 6.01 Å². The van der Waals surface area contributed by atoms with Crippen molar-refractivity contribution >= 4 is 12.3 Å². The Balaban J connectivity index is 2.54. The molecular weight excluding hydrogens is 154 g/mol. The second-order valence-electron chi connectivity index (χ2n) is 2.77. The molecule has 4 heteroatoms. The van der Waals surface area contributed by atoms with Crippen LogP contribution in [-0.4, -0.2) is 14.8 Å². The minimum atomic E-state index is -0.319. The molecule has 0 aromatic carbocycles. The summed E-state index contributed by atoms with van der Waals surface area (Å²) in [5.74, 6) is 0.937. The number of nitrogens with zero attached hydrogens (tertiary/aromatic N) is 3. The second kappa shape index (κ2) is 2.48. The zero-order valence-electron chi connectivity index (χ0n) is 6.64. The Morgan fingerprint density at radius 1 is 1.42 bits per heavy atom. The summed E-state index contributed by atoms with van der Waals surface area (Å²) in [6.07, 6.45) is 7.42. The molecule has 1 aliphatic heterocycles. The maximum Gasteiger partial charge on any atom is 0.159 e. The van der Waals surface area contributed by atoms with Gasteiger partial charge in [0.1, 0.15) is 0 Å². The zero-order valence-corrected chi connectivity index (χ0v) is 6.64. The smallest absolute Gasteiger partial charge is 0.159 e. The number of aromatic nitrogens is 3. The molecule has 0 saturated heterocycles. The van der Waals surface area contributed by atoms with Crippen LogP contribution in [0.4, 0.5) is 0 Å². The first-order chi connectivity index (χ1) is 5.77. The van der Waals surface area contributed by atoms with Crippen molar-refractivity contribution in [2.45, 2.75) is 6.92 Å². The molecule has 0 aliphatic carbocycles. The molecule has 1 aromatic heterocycles. The maximum absolute atomic E-state index is 11.0. The van der Waals surface area contributed by atoms with Gasteiger partial charge in [-0.05, 0) is 12.0 Å². The van der Waals surface area contributed by atoms with Gasteiger partial charge >= 0.3 is 0 Å². The zero-order chi connectivity index (χ0) is 8.55. The summed E-state index contributed by atoms with van der Waals surface area (Å²) < 4.78 is 1.43. The van der Waals surface area contributed by atoms with Crippen LogP contribution in [0.25, 0.3) is 12.3 Å². The lowest BCUT2D eigenvalue weighted by Gasteiger charge is -2.03. The Kier molecular flexibility index (Phi) is 1.46. The van der Waals surface area contributed by atoms with Gasteiger partial charge < -0.3 is 5.11 Å². The van der Waals surface area contributed by atoms with Gasteiger partial charge in [-0.15, -0.1) is 10.2 Å². The van der Waals surface area contributed by atoms with Crippen LogP contribution in [0.2, 0.25) is 0 Å². The molecule has 0 amide bonds. The number of hydrogen-bond donors (Lipinski definition) is 0. The van der Waals surface area contributed by atoms with Crippen LogP contribution in [0.15, 0.2) is 12.2 Å². The molecule has 4 nitrogen and oxygen atoms in total. The quantitative estimate of drug-likeness (QED) is 0.557. The standard InChI is InChI=1S/C8H9N3O/c1-6-2-3-7-9-10-8(12)11(7)5-4-6/h2-6H,1H3,(H,10,12)/p-1. The van der Waals surface area contributed by atoms with Crippen LogP contribution in [0.5, 0.6) is 6.01 Å². The van der Waals surface area contributed by atoms with Crippen molar-refractivity contribution in [3.05, 3.63) is 18.0 Å². The summed E-state index contributed by atoms with van der Waals surface area (Å²) in [5.41, 5.74) is 0. The Morgan fingerprint density at radius 2 is 2.25 bits per heavy atom. The van der Waals surface area contributed by atoms with Crippen LogP contribution < -0.4 is 5.11 Å². The third-order valence-corrected chi connectivity index (χ3v) is 1.78. The fourth-order valence-corrected chi connectivity index (χ4v) is 1.07. The van der Waals surface area contributed by atoms with Crippen molar-refractivity contribution in [2.24, 2.45) is 5.92 Å². The molecule has 1 aromatic rings. The molecule has 2 rings (SSSR count). The summed E-state index contributed by atoms with van der Waals surface area (Å²) >= 11 is 0. The minimum absolute atomic E-state index is 0.319. The van der Waals surface area contributed by atoms with Crippen LogP contribution in [0.1, 0.15) is 12.7 Å². The normalized spacial score (nSPS) is 20.6. The first kappa shape index (κ1) is 7.09. The van der Waals surface area contributed by atoms with Crippen LogP contribution in [0, 0.1) is 5.92 Å². The van der Waals surface area contributed by atoms with Gasteiger partial charge in [0, 0.05) is 6.20 Å². The fourth-order valence-electron chi connectivity index (χ4n) is 1.07. The van der Waals surface area contributed by atoms with E-state index in [2.05, 4.69) is 10.2 Å². The van der Waals surface area contributed by atoms with Crippen molar-refractivity contribution in [3.63, 3.8) is 0 Å². The third-order valence-electron chi connectivity index (χ3n) is 1.78. The van der Waals surface area contributed by atoms with E-state index in [0.29, 0.717) is 11.7 Å². The molecule has 0 spiro atoms. The SMILES string of the molecule is CC1C=Cc2nnc([O-])n2C=C1. The number of hydrogen-bond acceptors (Lipinski definition) is 3. The molecule has 62 valence electrons. The molecule has 0 N–H and O–H groups in total. The molecule has 0 fully saturated rings. The summed E-state index contributed by atoms with van der Waals surface area (Å²) in [6, 6.07) is -0.319. The first-order valence-electron chi connectivity index (χ1n) is 3.76. The van der Waals surface area contributed by atoms with Gasteiger partial charge in [-0.1, -0.05) is 19.1 Å². The van der Waals surface area contributed by atoms with E-state index in [1.54, 1.807) is 12.3 Å². The van der Waals surface area contributed by atoms with Crippen LogP contribution >= 0.6 is 0 Å². The Bertz CT molecular complexity index is 351. The molecule has 0 bridgehead atoms.